The molecule has 1 aromatic heterocycles. The summed E-state index contributed by atoms with van der Waals surface area (Å²) >= 11 is 6.68. The van der Waals surface area contributed by atoms with Gasteiger partial charge in [0.2, 0.25) is 0 Å². The van der Waals surface area contributed by atoms with Gasteiger partial charge in [-0.15, -0.1) is 0 Å². The van der Waals surface area contributed by atoms with Gasteiger partial charge in [-0.2, -0.15) is 0 Å². The summed E-state index contributed by atoms with van der Waals surface area (Å²) in [6.07, 6.45) is 6.98. The summed E-state index contributed by atoms with van der Waals surface area (Å²) in [6.45, 7) is 4.07. The summed E-state index contributed by atoms with van der Waals surface area (Å²) in [6, 6.07) is 9.59. The normalized spacial score (nSPS) is 17.0. The Morgan fingerprint density at radius 1 is 1.22 bits per heavy atom. The van der Waals surface area contributed by atoms with Gasteiger partial charge >= 0.3 is 0 Å². The first-order valence-corrected chi connectivity index (χ1v) is 8.34. The van der Waals surface area contributed by atoms with Crippen LogP contribution in [0.15, 0.2) is 58.1 Å². The zero-order valence-corrected chi connectivity index (χ0v) is 14.4. The number of carbonyl (C=O) groups excluding carboxylic acids is 1. The molecule has 23 heavy (non-hydrogen) atoms. The highest BCUT2D eigenvalue weighted by Crippen LogP contribution is 2.35. The fraction of sp³-hybridized carbons (Fsp3) is 0.111. The second-order valence-corrected chi connectivity index (χ2v) is 6.86. The van der Waals surface area contributed by atoms with Gasteiger partial charge in [0.05, 0.1) is 16.9 Å². The number of aryl methyl sites for hydroxylation is 2. The van der Waals surface area contributed by atoms with Crippen molar-refractivity contribution in [2.45, 2.75) is 13.8 Å². The fourth-order valence-corrected chi connectivity index (χ4v) is 3.44. The number of thioether (sulfide) groups is 1. The lowest BCUT2D eigenvalue weighted by molar-refractivity contribution is -0.113. The summed E-state index contributed by atoms with van der Waals surface area (Å²) in [5.74, 6) is 0.651. The van der Waals surface area contributed by atoms with Gasteiger partial charge in [0.15, 0.2) is 4.32 Å². The monoisotopic (exact) mass is 341 g/mol. The molecule has 1 amide bonds. The molecule has 1 aliphatic rings. The van der Waals surface area contributed by atoms with Gasteiger partial charge in [-0.05, 0) is 61.4 Å². The van der Waals surface area contributed by atoms with Gasteiger partial charge in [-0.25, -0.2) is 0 Å². The van der Waals surface area contributed by atoms with Gasteiger partial charge in [0.1, 0.15) is 5.76 Å². The van der Waals surface area contributed by atoms with Crippen molar-refractivity contribution in [1.29, 1.82) is 0 Å². The van der Waals surface area contributed by atoms with Gasteiger partial charge < -0.3 is 4.42 Å². The van der Waals surface area contributed by atoms with Crippen LogP contribution in [0.4, 0.5) is 5.69 Å². The molecular formula is C18H15NO2S2. The van der Waals surface area contributed by atoms with Crippen molar-refractivity contribution in [2.75, 3.05) is 4.90 Å². The number of rotatable bonds is 3. The van der Waals surface area contributed by atoms with Crippen LogP contribution in [0, 0.1) is 13.8 Å². The average molecular weight is 341 g/mol. The number of carbonyl (C=O) groups is 1. The first kappa shape index (κ1) is 15.8. The highest BCUT2D eigenvalue weighted by Gasteiger charge is 2.32. The Bertz CT molecular complexity index is 820. The SMILES string of the molecule is Cc1ccc(N2C(=O)/C(=C\C=C\c3ccco3)SC2=S)cc1C. The van der Waals surface area contributed by atoms with E-state index in [1.807, 2.05) is 50.3 Å². The number of nitrogens with zero attached hydrogens (tertiary/aromatic N) is 1. The van der Waals surface area contributed by atoms with Gasteiger partial charge in [-0.1, -0.05) is 36.1 Å². The molecule has 1 saturated heterocycles. The van der Waals surface area contributed by atoms with Crippen LogP contribution < -0.4 is 4.90 Å². The van der Waals surface area contributed by atoms with Gasteiger partial charge in [-0.3, -0.25) is 9.69 Å². The van der Waals surface area contributed by atoms with Crippen LogP contribution >= 0.6 is 24.0 Å². The molecule has 3 rings (SSSR count). The second-order valence-electron chi connectivity index (χ2n) is 5.18. The molecule has 2 aromatic rings. The molecular weight excluding hydrogens is 326 g/mol. The van der Waals surface area contributed by atoms with E-state index in [0.29, 0.717) is 9.23 Å². The Morgan fingerprint density at radius 2 is 2.04 bits per heavy atom. The van der Waals surface area contributed by atoms with Crippen LogP contribution in [0.25, 0.3) is 6.08 Å². The summed E-state index contributed by atoms with van der Waals surface area (Å²) in [5, 5.41) is 0. The number of hydrogen-bond acceptors (Lipinski definition) is 4. The van der Waals surface area contributed by atoms with E-state index in [-0.39, 0.29) is 5.91 Å². The van der Waals surface area contributed by atoms with Crippen molar-refractivity contribution >= 4 is 46.0 Å². The van der Waals surface area contributed by atoms with E-state index in [0.717, 1.165) is 17.0 Å². The number of thiocarbonyl (C=S) groups is 1. The molecule has 0 unspecified atom stereocenters. The zero-order valence-electron chi connectivity index (χ0n) is 12.8. The lowest BCUT2D eigenvalue weighted by atomic mass is 10.1. The summed E-state index contributed by atoms with van der Waals surface area (Å²) in [7, 11) is 0. The topological polar surface area (TPSA) is 33.5 Å². The maximum atomic E-state index is 12.6. The molecule has 2 heterocycles. The molecule has 1 fully saturated rings. The van der Waals surface area contributed by atoms with Crippen molar-refractivity contribution in [1.82, 2.24) is 0 Å². The molecule has 0 N–H and O–H groups in total. The van der Waals surface area contributed by atoms with Crippen LogP contribution in [-0.2, 0) is 4.79 Å². The van der Waals surface area contributed by atoms with Crippen molar-refractivity contribution < 1.29 is 9.21 Å². The number of amides is 1. The van der Waals surface area contributed by atoms with Crippen LogP contribution in [0.5, 0.6) is 0 Å². The average Bonchev–Trinajstić information content (AvgIpc) is 3.12. The van der Waals surface area contributed by atoms with Crippen LogP contribution in [0.1, 0.15) is 16.9 Å². The third-order valence-electron chi connectivity index (χ3n) is 3.59. The smallest absolute Gasteiger partial charge is 0.270 e. The molecule has 0 radical (unpaired) electrons. The second kappa shape index (κ2) is 6.56. The minimum Gasteiger partial charge on any atom is -0.465 e. The third kappa shape index (κ3) is 3.30. The lowest BCUT2D eigenvalue weighted by Gasteiger charge is -2.15. The minimum absolute atomic E-state index is 0.0904. The number of benzene rings is 1. The molecule has 1 aromatic carbocycles. The van der Waals surface area contributed by atoms with Crippen molar-refractivity contribution in [2.24, 2.45) is 0 Å². The number of allylic oxidation sites excluding steroid dienone is 2. The maximum absolute atomic E-state index is 12.6. The van der Waals surface area contributed by atoms with Crippen molar-refractivity contribution in [3.05, 3.63) is 70.5 Å². The van der Waals surface area contributed by atoms with Crippen LogP contribution in [0.2, 0.25) is 0 Å². The highest BCUT2D eigenvalue weighted by atomic mass is 32.2. The number of hydrogen-bond donors (Lipinski definition) is 0. The molecule has 116 valence electrons. The lowest BCUT2D eigenvalue weighted by Crippen LogP contribution is -2.27. The Kier molecular flexibility index (Phi) is 4.50. The summed E-state index contributed by atoms with van der Waals surface area (Å²) in [5.41, 5.74) is 3.14. The van der Waals surface area contributed by atoms with Crippen molar-refractivity contribution in [3.63, 3.8) is 0 Å². The quantitative estimate of drug-likeness (QED) is 0.590. The molecule has 1 aliphatic heterocycles. The number of anilines is 1. The predicted molar refractivity (Wildman–Crippen MR) is 99.4 cm³/mol. The van der Waals surface area contributed by atoms with E-state index >= 15 is 0 Å². The molecule has 0 aliphatic carbocycles. The van der Waals surface area contributed by atoms with Crippen molar-refractivity contribution in [3.8, 4) is 0 Å². The molecule has 3 nitrogen and oxygen atoms in total. The fourth-order valence-electron chi connectivity index (χ4n) is 2.19. The Hall–Kier alpha value is -2.11. The van der Waals surface area contributed by atoms with E-state index in [1.54, 1.807) is 23.3 Å². The van der Waals surface area contributed by atoms with E-state index in [9.17, 15) is 4.79 Å². The molecule has 0 bridgehead atoms. The van der Waals surface area contributed by atoms with Crippen LogP contribution in [-0.4, -0.2) is 10.2 Å². The Labute approximate surface area is 144 Å². The maximum Gasteiger partial charge on any atom is 0.270 e. The standard InChI is InChI=1S/C18H15NO2S2/c1-12-8-9-14(11-13(12)2)19-17(20)16(23-18(19)22)7-3-5-15-6-4-10-21-15/h3-11H,1-2H3/b5-3+,16-7+. The Balaban J connectivity index is 1.83. The minimum atomic E-state index is -0.0904. The summed E-state index contributed by atoms with van der Waals surface area (Å²) in [4.78, 5) is 14.8. The van der Waals surface area contributed by atoms with E-state index in [1.165, 1.54) is 17.3 Å². The van der Waals surface area contributed by atoms with Gasteiger partial charge in [0, 0.05) is 0 Å². The summed E-state index contributed by atoms with van der Waals surface area (Å²) < 4.78 is 5.77. The molecule has 0 spiro atoms. The predicted octanol–water partition coefficient (Wildman–Crippen LogP) is 4.86. The molecule has 0 saturated carbocycles. The van der Waals surface area contributed by atoms with Gasteiger partial charge in [0.25, 0.3) is 5.91 Å². The first-order chi connectivity index (χ1) is 11.1. The first-order valence-electron chi connectivity index (χ1n) is 7.11. The Morgan fingerprint density at radius 3 is 2.74 bits per heavy atom. The van der Waals surface area contributed by atoms with E-state index < -0.39 is 0 Å². The third-order valence-corrected chi connectivity index (χ3v) is 4.91. The molecule has 0 atom stereocenters. The van der Waals surface area contributed by atoms with E-state index in [2.05, 4.69) is 0 Å². The molecule has 5 heteroatoms. The largest absolute Gasteiger partial charge is 0.465 e. The zero-order chi connectivity index (χ0) is 16.4. The number of furan rings is 1. The highest BCUT2D eigenvalue weighted by molar-refractivity contribution is 8.27. The van der Waals surface area contributed by atoms with Crippen LogP contribution in [0.3, 0.4) is 0 Å². The van der Waals surface area contributed by atoms with E-state index in [4.69, 9.17) is 16.6 Å².